The summed E-state index contributed by atoms with van der Waals surface area (Å²) in [6, 6.07) is 0. The van der Waals surface area contributed by atoms with Gasteiger partial charge in [-0.15, -0.1) is 0 Å². The van der Waals surface area contributed by atoms with Crippen LogP contribution in [0.4, 0.5) is 65.9 Å². The van der Waals surface area contributed by atoms with E-state index in [-0.39, 0.29) is 0 Å². The summed E-state index contributed by atoms with van der Waals surface area (Å²) in [5.74, 6) is -46.0. The van der Waals surface area contributed by atoms with E-state index in [0.717, 1.165) is 22.6 Å². The number of hydrogen-bond donors (Lipinski definition) is 0. The summed E-state index contributed by atoms with van der Waals surface area (Å²) in [5.41, 5.74) is 0. The lowest BCUT2D eigenvalue weighted by Gasteiger charge is -2.42. The van der Waals surface area contributed by atoms with Crippen molar-refractivity contribution in [2.24, 2.45) is 0 Å². The van der Waals surface area contributed by atoms with E-state index < -0.39 is 51.6 Å². The summed E-state index contributed by atoms with van der Waals surface area (Å²) in [6.07, 6.45) is -9.92. The normalized spacial score (nSPS) is 16.7. The van der Waals surface area contributed by atoms with E-state index in [9.17, 15) is 65.9 Å². The van der Waals surface area contributed by atoms with Crippen LogP contribution in [0.15, 0.2) is 0 Å². The SMILES string of the molecule is CC(C)(I)CC(F)(F)C(F)(F)C(F)(F)C(F)(F)C(F)(F)C(F)(F)C(F)(F)F. The fourth-order valence-corrected chi connectivity index (χ4v) is 2.12. The molecule has 0 aromatic rings. The van der Waals surface area contributed by atoms with Crippen LogP contribution in [0, 0.1) is 0 Å². The molecular weight excluding hydrogens is 544 g/mol. The molecular formula is C11H8F15I. The Morgan fingerprint density at radius 1 is 0.481 bits per heavy atom. The van der Waals surface area contributed by atoms with Gasteiger partial charge in [0, 0.05) is 9.84 Å². The minimum Gasteiger partial charge on any atom is -0.200 e. The van der Waals surface area contributed by atoms with Gasteiger partial charge in [-0.25, -0.2) is 0 Å². The maximum Gasteiger partial charge on any atom is 0.460 e. The molecule has 0 nitrogen and oxygen atoms in total. The van der Waals surface area contributed by atoms with Crippen LogP contribution in [0.5, 0.6) is 0 Å². The van der Waals surface area contributed by atoms with E-state index in [1.165, 1.54) is 0 Å². The maximum atomic E-state index is 13.4. The van der Waals surface area contributed by atoms with E-state index in [2.05, 4.69) is 0 Å². The first-order valence-electron chi connectivity index (χ1n) is 6.23. The third kappa shape index (κ3) is 4.04. The van der Waals surface area contributed by atoms with Crippen molar-refractivity contribution in [2.45, 2.75) is 65.4 Å². The molecule has 0 N–H and O–H groups in total. The number of halogens is 16. The molecule has 0 amide bonds. The molecule has 0 aromatic carbocycles. The lowest BCUT2D eigenvalue weighted by Crippen LogP contribution is -2.72. The average molecular weight is 552 g/mol. The molecule has 0 aliphatic rings. The minimum atomic E-state index is -8.22. The Labute approximate surface area is 154 Å². The van der Waals surface area contributed by atoms with Gasteiger partial charge in [-0.1, -0.05) is 36.4 Å². The molecule has 0 aliphatic carbocycles. The van der Waals surface area contributed by atoms with Crippen molar-refractivity contribution in [3.05, 3.63) is 0 Å². The highest BCUT2D eigenvalue weighted by Crippen LogP contribution is 2.63. The molecule has 164 valence electrons. The highest BCUT2D eigenvalue weighted by atomic mass is 127. The Balaban J connectivity index is 6.47. The number of alkyl halides is 16. The lowest BCUT2D eigenvalue weighted by molar-refractivity contribution is -0.452. The summed E-state index contributed by atoms with van der Waals surface area (Å²) >= 11 is 0.968. The summed E-state index contributed by atoms with van der Waals surface area (Å²) in [7, 11) is 0. The number of rotatable bonds is 7. The van der Waals surface area contributed by atoms with Gasteiger partial charge in [-0.05, 0) is 0 Å². The molecule has 0 heterocycles. The van der Waals surface area contributed by atoms with Gasteiger partial charge in [0.1, 0.15) is 0 Å². The highest BCUT2D eigenvalue weighted by molar-refractivity contribution is 14.1. The first-order valence-corrected chi connectivity index (χ1v) is 7.31. The molecule has 0 atom stereocenters. The molecule has 0 unspecified atom stereocenters. The van der Waals surface area contributed by atoms with Crippen LogP contribution in [0.1, 0.15) is 20.3 Å². The van der Waals surface area contributed by atoms with Gasteiger partial charge in [0.05, 0.1) is 0 Å². The predicted octanol–water partition coefficient (Wildman–Crippen LogP) is 6.96. The van der Waals surface area contributed by atoms with E-state index >= 15 is 0 Å². The molecule has 0 aliphatic heterocycles. The largest absolute Gasteiger partial charge is 0.460 e. The topological polar surface area (TPSA) is 0 Å². The van der Waals surface area contributed by atoms with Crippen LogP contribution in [0.2, 0.25) is 0 Å². The van der Waals surface area contributed by atoms with Crippen molar-refractivity contribution in [2.75, 3.05) is 0 Å². The van der Waals surface area contributed by atoms with Crippen molar-refractivity contribution in [3.8, 4) is 0 Å². The third-order valence-corrected chi connectivity index (χ3v) is 3.42. The summed E-state index contributed by atoms with van der Waals surface area (Å²) in [6.45, 7) is 1.42. The second-order valence-corrected chi connectivity index (χ2v) is 8.89. The monoisotopic (exact) mass is 552 g/mol. The first-order chi connectivity index (χ1) is 11.2. The van der Waals surface area contributed by atoms with Crippen LogP contribution in [0.25, 0.3) is 0 Å². The van der Waals surface area contributed by atoms with Crippen molar-refractivity contribution in [1.29, 1.82) is 0 Å². The van der Waals surface area contributed by atoms with Crippen LogP contribution < -0.4 is 0 Å². The molecule has 0 fully saturated rings. The zero-order chi connectivity index (χ0) is 22.7. The Kier molecular flexibility index (Phi) is 6.52. The van der Waals surface area contributed by atoms with E-state index in [0.29, 0.717) is 13.8 Å². The van der Waals surface area contributed by atoms with Gasteiger partial charge in [0.15, 0.2) is 0 Å². The Morgan fingerprint density at radius 3 is 1.00 bits per heavy atom. The van der Waals surface area contributed by atoms with Gasteiger partial charge in [-0.2, -0.15) is 65.9 Å². The Hall–Kier alpha value is -0.320. The number of hydrogen-bond acceptors (Lipinski definition) is 0. The highest BCUT2D eigenvalue weighted by Gasteiger charge is 2.93. The average Bonchev–Trinajstić information content (AvgIpc) is 2.33. The zero-order valence-corrected chi connectivity index (χ0v) is 14.9. The van der Waals surface area contributed by atoms with Crippen molar-refractivity contribution in [1.82, 2.24) is 0 Å². The maximum absolute atomic E-state index is 13.4. The van der Waals surface area contributed by atoms with E-state index in [1.54, 1.807) is 0 Å². The molecule has 0 bridgehead atoms. The molecule has 0 rings (SSSR count). The predicted molar refractivity (Wildman–Crippen MR) is 68.5 cm³/mol. The smallest absolute Gasteiger partial charge is 0.200 e. The molecule has 0 radical (unpaired) electrons. The summed E-state index contributed by atoms with van der Waals surface area (Å²) < 4.78 is 191. The standard InChI is InChI=1S/C11H8F15I/c1-4(2,27)3-5(12,13)6(14,15)7(16,17)8(18,19)9(20,21)10(22,23)11(24,25)26/h3H2,1-2H3. The van der Waals surface area contributed by atoms with Gasteiger partial charge >= 0.3 is 41.7 Å². The molecule has 27 heavy (non-hydrogen) atoms. The quantitative estimate of drug-likeness (QED) is 0.182. The zero-order valence-electron chi connectivity index (χ0n) is 12.8. The van der Waals surface area contributed by atoms with Crippen molar-refractivity contribution >= 4 is 22.6 Å². The fourth-order valence-electron chi connectivity index (χ4n) is 1.64. The van der Waals surface area contributed by atoms with E-state index in [4.69, 9.17) is 0 Å². The van der Waals surface area contributed by atoms with Gasteiger partial charge in [0.2, 0.25) is 0 Å². The minimum absolute atomic E-state index is 0.709. The third-order valence-electron chi connectivity index (χ3n) is 3.04. The lowest BCUT2D eigenvalue weighted by atomic mass is 9.88. The van der Waals surface area contributed by atoms with Gasteiger partial charge in [-0.3, -0.25) is 0 Å². The second kappa shape index (κ2) is 6.60. The van der Waals surface area contributed by atoms with Gasteiger partial charge in [0.25, 0.3) is 0 Å². The van der Waals surface area contributed by atoms with Crippen LogP contribution in [0.3, 0.4) is 0 Å². The van der Waals surface area contributed by atoms with Crippen LogP contribution >= 0.6 is 22.6 Å². The molecule has 0 saturated heterocycles. The van der Waals surface area contributed by atoms with Crippen molar-refractivity contribution < 1.29 is 65.9 Å². The summed E-state index contributed by atoms with van der Waals surface area (Å²) in [5, 5.41) is 0. The van der Waals surface area contributed by atoms with E-state index in [1.807, 2.05) is 0 Å². The fraction of sp³-hybridized carbons (Fsp3) is 1.00. The molecule has 0 spiro atoms. The second-order valence-electron chi connectivity index (χ2n) is 5.97. The Bertz CT molecular complexity index is 539. The Morgan fingerprint density at radius 2 is 0.741 bits per heavy atom. The van der Waals surface area contributed by atoms with Crippen LogP contribution in [-0.2, 0) is 0 Å². The summed E-state index contributed by atoms with van der Waals surface area (Å²) in [4.78, 5) is 0. The van der Waals surface area contributed by atoms with Crippen LogP contribution in [-0.4, -0.2) is 45.1 Å². The first kappa shape index (κ1) is 26.7. The molecule has 0 aromatic heterocycles. The molecule has 16 heteroatoms. The van der Waals surface area contributed by atoms with Gasteiger partial charge < -0.3 is 0 Å². The molecule has 0 saturated carbocycles. The van der Waals surface area contributed by atoms with Crippen molar-refractivity contribution in [3.63, 3.8) is 0 Å².